The number of nitrogen functional groups attached to an aromatic ring is 1. The van der Waals surface area contributed by atoms with Crippen LogP contribution in [0.5, 0.6) is 11.5 Å². The molecule has 0 unspecified atom stereocenters. The van der Waals surface area contributed by atoms with Gasteiger partial charge in [-0.15, -0.1) is 26.3 Å². The summed E-state index contributed by atoms with van der Waals surface area (Å²) in [5.41, 5.74) is 6.33. The monoisotopic (exact) mass is 673 g/mol. The van der Waals surface area contributed by atoms with Crippen LogP contribution in [0.25, 0.3) is 0 Å². The molecule has 0 aliphatic carbocycles. The van der Waals surface area contributed by atoms with Crippen LogP contribution in [0.15, 0.2) is 77.3 Å². The summed E-state index contributed by atoms with van der Waals surface area (Å²) in [5.74, 6) is -1.65. The fourth-order valence-electron chi connectivity index (χ4n) is 4.30. The highest BCUT2D eigenvalue weighted by atomic mass is 32.2. The van der Waals surface area contributed by atoms with Crippen LogP contribution in [0.4, 0.5) is 43.8 Å². The van der Waals surface area contributed by atoms with Gasteiger partial charge in [-0.2, -0.15) is 4.31 Å². The Labute approximate surface area is 258 Å². The van der Waals surface area contributed by atoms with E-state index in [0.717, 1.165) is 40.7 Å². The highest BCUT2D eigenvalue weighted by molar-refractivity contribution is 7.89. The molecule has 19 heteroatoms. The van der Waals surface area contributed by atoms with Gasteiger partial charge in [0.25, 0.3) is 0 Å². The highest BCUT2D eigenvalue weighted by Crippen LogP contribution is 2.29. The summed E-state index contributed by atoms with van der Waals surface area (Å²) in [7, 11) is -4.46. The first-order valence-electron chi connectivity index (χ1n) is 13.1. The zero-order valence-electron chi connectivity index (χ0n) is 23.5. The van der Waals surface area contributed by atoms with E-state index in [2.05, 4.69) is 36.3 Å². The Morgan fingerprint density at radius 1 is 1.02 bits per heavy atom. The molecule has 2 aromatic carbocycles. The number of aromatic nitrogens is 2. The molecule has 246 valence electrons. The van der Waals surface area contributed by atoms with Crippen molar-refractivity contribution in [1.82, 2.24) is 19.6 Å². The quantitative estimate of drug-likeness (QED) is 0.241. The summed E-state index contributed by atoms with van der Waals surface area (Å²) >= 11 is 0. The number of amides is 1. The molecule has 1 aliphatic heterocycles. The van der Waals surface area contributed by atoms with Crippen molar-refractivity contribution >= 4 is 39.6 Å². The number of anilines is 2. The molecule has 4 rings (SSSR count). The summed E-state index contributed by atoms with van der Waals surface area (Å²) in [6, 6.07) is 6.73. The number of benzene rings is 2. The van der Waals surface area contributed by atoms with Crippen LogP contribution >= 0.6 is 0 Å². The number of carbonyl (C=O) groups is 1. The first-order valence-corrected chi connectivity index (χ1v) is 14.5. The molecule has 0 saturated carbocycles. The Morgan fingerprint density at radius 3 is 2.15 bits per heavy atom. The summed E-state index contributed by atoms with van der Waals surface area (Å²) in [6.07, 6.45) is -5.80. The zero-order valence-corrected chi connectivity index (χ0v) is 24.3. The molecule has 0 spiro atoms. The van der Waals surface area contributed by atoms with Gasteiger partial charge < -0.3 is 25.4 Å². The van der Waals surface area contributed by atoms with Gasteiger partial charge in [-0.1, -0.05) is 24.8 Å². The van der Waals surface area contributed by atoms with Gasteiger partial charge >= 0.3 is 12.7 Å². The molecule has 1 saturated heterocycles. The van der Waals surface area contributed by atoms with Crippen LogP contribution in [0.2, 0.25) is 0 Å². The van der Waals surface area contributed by atoms with Gasteiger partial charge in [0.2, 0.25) is 15.9 Å². The van der Waals surface area contributed by atoms with Gasteiger partial charge in [0.15, 0.2) is 11.6 Å². The summed E-state index contributed by atoms with van der Waals surface area (Å²) < 4.78 is 111. The predicted octanol–water partition coefficient (Wildman–Crippen LogP) is 3.94. The number of nitrogens with zero attached hydrogens (tertiary/aromatic N) is 5. The Kier molecular flexibility index (Phi) is 10.1. The standard InChI is InChI=1S/C27H25F6N7O5S/c1-2-11-35-24-23(34)38-22(15-36-24)39-12-13-40(46(42,43)20-9-7-19(8-10-20)45-27(31,32)33)21(16-39)25(41)37-14-17-3-5-18(6-4-17)44-26(28,29)30/h2-11,15,21H,1,12-14,16H2,(H2,34,38)(H,37,41)/b35-11-/t21-/m1/s1. The summed E-state index contributed by atoms with van der Waals surface area (Å²) in [6.45, 7) is 2.82. The van der Waals surface area contributed by atoms with Gasteiger partial charge in [-0.05, 0) is 42.0 Å². The molecular formula is C27H25F6N7O5S. The topological polar surface area (TPSA) is 152 Å². The van der Waals surface area contributed by atoms with E-state index in [0.29, 0.717) is 5.56 Å². The molecule has 3 N–H and O–H groups in total. The number of halogens is 6. The number of nitrogens with one attached hydrogen (secondary N) is 1. The van der Waals surface area contributed by atoms with E-state index in [1.54, 1.807) is 4.90 Å². The van der Waals surface area contributed by atoms with Gasteiger partial charge in [-0.3, -0.25) is 4.79 Å². The van der Waals surface area contributed by atoms with Crippen LogP contribution in [-0.2, 0) is 21.4 Å². The molecular weight excluding hydrogens is 648 g/mol. The van der Waals surface area contributed by atoms with Gasteiger partial charge in [0.05, 0.1) is 11.1 Å². The Balaban J connectivity index is 1.58. The van der Waals surface area contributed by atoms with Crippen LogP contribution in [-0.4, -0.2) is 73.2 Å². The fraction of sp³-hybridized carbons (Fsp3) is 0.259. The van der Waals surface area contributed by atoms with Crippen LogP contribution < -0.4 is 25.4 Å². The molecule has 1 aromatic heterocycles. The molecule has 1 amide bonds. The molecule has 0 bridgehead atoms. The van der Waals surface area contributed by atoms with Crippen LogP contribution in [0.3, 0.4) is 0 Å². The number of sulfonamides is 1. The van der Waals surface area contributed by atoms with Crippen molar-refractivity contribution < 1.29 is 49.0 Å². The minimum absolute atomic E-state index is 0.0162. The molecule has 1 aliphatic rings. The maximum Gasteiger partial charge on any atom is 0.573 e. The van der Waals surface area contributed by atoms with Crippen molar-refractivity contribution in [1.29, 1.82) is 0 Å². The number of allylic oxidation sites excluding steroid dienone is 1. The lowest BCUT2D eigenvalue weighted by molar-refractivity contribution is -0.275. The smallest absolute Gasteiger partial charge is 0.406 e. The van der Waals surface area contributed by atoms with Crippen molar-refractivity contribution in [2.45, 2.75) is 30.2 Å². The SMILES string of the molecule is C=C/C=N\c1ncc(N2CCN(S(=O)(=O)c3ccc(OC(F)(F)F)cc3)[C@@H](C(=O)NCc3ccc(OC(F)(F)F)cc3)C2)nc1N. The van der Waals surface area contributed by atoms with E-state index < -0.39 is 51.1 Å². The van der Waals surface area contributed by atoms with E-state index in [1.807, 2.05) is 0 Å². The Hall–Kier alpha value is -4.91. The predicted molar refractivity (Wildman–Crippen MR) is 153 cm³/mol. The molecule has 1 fully saturated rings. The third kappa shape index (κ3) is 8.84. The second kappa shape index (κ2) is 13.6. The van der Waals surface area contributed by atoms with Crippen molar-refractivity contribution in [3.63, 3.8) is 0 Å². The normalized spacial score (nSPS) is 16.3. The number of alkyl halides is 6. The van der Waals surface area contributed by atoms with Gasteiger partial charge in [0.1, 0.15) is 23.4 Å². The van der Waals surface area contributed by atoms with Gasteiger partial charge in [-0.25, -0.2) is 23.4 Å². The number of piperazine rings is 1. The minimum atomic E-state index is -4.99. The van der Waals surface area contributed by atoms with Gasteiger partial charge in [0, 0.05) is 32.4 Å². The summed E-state index contributed by atoms with van der Waals surface area (Å²) in [5, 5.41) is 2.57. The number of nitrogens with two attached hydrogens (primary N) is 1. The van der Waals surface area contributed by atoms with Crippen LogP contribution in [0.1, 0.15) is 5.56 Å². The van der Waals surface area contributed by atoms with Crippen molar-refractivity contribution in [3.8, 4) is 11.5 Å². The van der Waals surface area contributed by atoms with E-state index in [9.17, 15) is 39.6 Å². The van der Waals surface area contributed by atoms with Crippen molar-refractivity contribution in [2.75, 3.05) is 30.3 Å². The lowest BCUT2D eigenvalue weighted by Gasteiger charge is -2.40. The average Bonchev–Trinajstić information content (AvgIpc) is 2.98. The first kappa shape index (κ1) is 34.0. The lowest BCUT2D eigenvalue weighted by Crippen LogP contribution is -2.60. The summed E-state index contributed by atoms with van der Waals surface area (Å²) in [4.78, 5) is 27.0. The number of hydrogen-bond acceptors (Lipinski definition) is 10. The number of hydrogen-bond donors (Lipinski definition) is 2. The van der Waals surface area contributed by atoms with E-state index in [1.165, 1.54) is 30.6 Å². The van der Waals surface area contributed by atoms with E-state index in [-0.39, 0.29) is 43.6 Å². The van der Waals surface area contributed by atoms with E-state index >= 15 is 0 Å². The second-order valence-electron chi connectivity index (χ2n) is 9.46. The third-order valence-corrected chi connectivity index (χ3v) is 8.24. The maximum absolute atomic E-state index is 13.7. The molecule has 46 heavy (non-hydrogen) atoms. The maximum atomic E-state index is 13.7. The number of aliphatic imine (C=N–C) groups is 1. The molecule has 3 aromatic rings. The Bertz CT molecular complexity index is 1680. The second-order valence-corrected chi connectivity index (χ2v) is 11.3. The molecule has 12 nitrogen and oxygen atoms in total. The van der Waals surface area contributed by atoms with Crippen molar-refractivity contribution in [3.05, 3.63) is 72.9 Å². The zero-order chi connectivity index (χ0) is 33.7. The molecule has 0 radical (unpaired) electrons. The fourth-order valence-corrected chi connectivity index (χ4v) is 5.87. The number of rotatable bonds is 10. The number of carbonyl (C=O) groups excluding carboxylic acids is 1. The average molecular weight is 674 g/mol. The molecule has 2 heterocycles. The highest BCUT2D eigenvalue weighted by Gasteiger charge is 2.41. The Morgan fingerprint density at radius 2 is 1.61 bits per heavy atom. The number of ether oxygens (including phenoxy) is 2. The first-order chi connectivity index (χ1) is 21.6. The minimum Gasteiger partial charge on any atom is -0.406 e. The third-order valence-electron chi connectivity index (χ3n) is 6.31. The lowest BCUT2D eigenvalue weighted by atomic mass is 10.1. The molecule has 1 atom stereocenters. The van der Waals surface area contributed by atoms with Crippen molar-refractivity contribution in [2.24, 2.45) is 4.99 Å². The largest absolute Gasteiger partial charge is 0.573 e. The van der Waals surface area contributed by atoms with Crippen LogP contribution in [0, 0.1) is 0 Å². The van der Waals surface area contributed by atoms with E-state index in [4.69, 9.17) is 5.73 Å².